The van der Waals surface area contributed by atoms with Crippen LogP contribution in [0.1, 0.15) is 27.3 Å². The van der Waals surface area contributed by atoms with Crippen molar-refractivity contribution in [1.82, 2.24) is 15.0 Å². The summed E-state index contributed by atoms with van der Waals surface area (Å²) in [5, 5.41) is 4.77. The fourth-order valence-electron chi connectivity index (χ4n) is 2.76. The van der Waals surface area contributed by atoms with Crippen LogP contribution in [0.4, 0.5) is 29.9 Å². The van der Waals surface area contributed by atoms with Crippen molar-refractivity contribution in [3.05, 3.63) is 58.4 Å². The lowest BCUT2D eigenvalue weighted by Gasteiger charge is -2.12. The van der Waals surface area contributed by atoms with Gasteiger partial charge in [0.2, 0.25) is 5.95 Å². The van der Waals surface area contributed by atoms with Gasteiger partial charge in [0.1, 0.15) is 5.69 Å². The third kappa shape index (κ3) is 3.60. The van der Waals surface area contributed by atoms with E-state index < -0.39 is 17.6 Å². The standard InChI is InChI=1S/C17H13F3N6OS/c18-17(19,20)10-1-3-11(4-2-10)23-14(27)13-8-28-16(25-13)26-6-9-5-22-15(21)24-12(9)7-26/h1-5,8H,6-7H2,(H,23,27)(H2,21,22,24). The topological polar surface area (TPSA) is 97.0 Å². The van der Waals surface area contributed by atoms with Gasteiger partial charge in [0.25, 0.3) is 5.91 Å². The van der Waals surface area contributed by atoms with Gasteiger partial charge in [-0.2, -0.15) is 13.2 Å². The summed E-state index contributed by atoms with van der Waals surface area (Å²) in [6.45, 7) is 1.07. The monoisotopic (exact) mass is 406 g/mol. The predicted octanol–water partition coefficient (Wildman–Crippen LogP) is 3.31. The molecule has 1 aromatic carbocycles. The smallest absolute Gasteiger partial charge is 0.368 e. The first-order valence-electron chi connectivity index (χ1n) is 8.09. The largest absolute Gasteiger partial charge is 0.416 e. The number of nitrogen functional groups attached to an aromatic ring is 1. The summed E-state index contributed by atoms with van der Waals surface area (Å²) in [4.78, 5) is 26.8. The third-order valence-corrected chi connectivity index (χ3v) is 5.04. The summed E-state index contributed by atoms with van der Waals surface area (Å²) >= 11 is 1.29. The van der Waals surface area contributed by atoms with Crippen molar-refractivity contribution in [2.75, 3.05) is 16.0 Å². The Morgan fingerprint density at radius 2 is 1.93 bits per heavy atom. The molecular weight excluding hydrogens is 393 g/mol. The predicted molar refractivity (Wildman–Crippen MR) is 97.8 cm³/mol. The number of anilines is 3. The maximum atomic E-state index is 12.6. The highest BCUT2D eigenvalue weighted by atomic mass is 32.1. The highest BCUT2D eigenvalue weighted by Crippen LogP contribution is 2.31. The van der Waals surface area contributed by atoms with Crippen molar-refractivity contribution in [3.63, 3.8) is 0 Å². The lowest BCUT2D eigenvalue weighted by molar-refractivity contribution is -0.137. The zero-order chi connectivity index (χ0) is 19.9. The van der Waals surface area contributed by atoms with Crippen molar-refractivity contribution < 1.29 is 18.0 Å². The molecule has 1 aliphatic rings. The minimum Gasteiger partial charge on any atom is -0.368 e. The number of hydrogen-bond acceptors (Lipinski definition) is 7. The van der Waals surface area contributed by atoms with Gasteiger partial charge in [0, 0.05) is 29.4 Å². The number of nitrogens with zero attached hydrogens (tertiary/aromatic N) is 4. The fraction of sp³-hybridized carbons (Fsp3) is 0.176. The minimum absolute atomic E-state index is 0.182. The van der Waals surface area contributed by atoms with E-state index in [-0.39, 0.29) is 17.3 Å². The molecule has 0 spiro atoms. The molecule has 3 N–H and O–H groups in total. The average Bonchev–Trinajstić information content (AvgIpc) is 3.28. The van der Waals surface area contributed by atoms with Crippen LogP contribution in [0, 0.1) is 0 Å². The number of nitrogens with one attached hydrogen (secondary N) is 1. The van der Waals surface area contributed by atoms with E-state index in [1.165, 1.54) is 23.5 Å². The molecule has 0 bridgehead atoms. The van der Waals surface area contributed by atoms with E-state index in [1.54, 1.807) is 11.6 Å². The van der Waals surface area contributed by atoms with Crippen LogP contribution in [0.25, 0.3) is 0 Å². The maximum Gasteiger partial charge on any atom is 0.416 e. The van der Waals surface area contributed by atoms with Crippen LogP contribution < -0.4 is 16.0 Å². The molecule has 0 radical (unpaired) electrons. The third-order valence-electron chi connectivity index (χ3n) is 4.14. The summed E-state index contributed by atoms with van der Waals surface area (Å²) in [5.74, 6) is -0.292. The van der Waals surface area contributed by atoms with Crippen molar-refractivity contribution in [2.45, 2.75) is 19.3 Å². The molecule has 2 aromatic heterocycles. The number of amides is 1. The Labute approximate surface area is 161 Å². The van der Waals surface area contributed by atoms with Crippen LogP contribution in [-0.2, 0) is 19.3 Å². The van der Waals surface area contributed by atoms with Crippen LogP contribution in [0.5, 0.6) is 0 Å². The molecule has 7 nitrogen and oxygen atoms in total. The molecule has 28 heavy (non-hydrogen) atoms. The highest BCUT2D eigenvalue weighted by Gasteiger charge is 2.30. The van der Waals surface area contributed by atoms with Gasteiger partial charge in [-0.3, -0.25) is 4.79 Å². The molecule has 0 fully saturated rings. The Morgan fingerprint density at radius 1 is 1.18 bits per heavy atom. The zero-order valence-electron chi connectivity index (χ0n) is 14.2. The lowest BCUT2D eigenvalue weighted by Crippen LogP contribution is -2.16. The van der Waals surface area contributed by atoms with Gasteiger partial charge in [-0.15, -0.1) is 11.3 Å². The van der Waals surface area contributed by atoms with Crippen molar-refractivity contribution in [2.24, 2.45) is 0 Å². The van der Waals surface area contributed by atoms with E-state index >= 15 is 0 Å². The number of halogens is 3. The summed E-state index contributed by atoms with van der Waals surface area (Å²) in [5.41, 5.74) is 7.02. The van der Waals surface area contributed by atoms with Crippen molar-refractivity contribution in [3.8, 4) is 0 Å². The SMILES string of the molecule is Nc1ncc2c(n1)CN(c1nc(C(=O)Nc3ccc(C(F)(F)F)cc3)cs1)C2. The van der Waals surface area contributed by atoms with Gasteiger partial charge >= 0.3 is 6.18 Å². The number of carbonyl (C=O) groups excluding carboxylic acids is 1. The molecule has 0 unspecified atom stereocenters. The second kappa shape index (κ2) is 6.75. The normalized spacial score (nSPS) is 13.5. The van der Waals surface area contributed by atoms with Crippen LogP contribution in [-0.4, -0.2) is 20.9 Å². The Morgan fingerprint density at radius 3 is 2.64 bits per heavy atom. The van der Waals surface area contributed by atoms with Crippen molar-refractivity contribution in [1.29, 1.82) is 0 Å². The highest BCUT2D eigenvalue weighted by molar-refractivity contribution is 7.13. The minimum atomic E-state index is -4.42. The Bertz CT molecular complexity index is 1030. The molecule has 3 aromatic rings. The number of rotatable bonds is 3. The van der Waals surface area contributed by atoms with Crippen molar-refractivity contribution >= 4 is 34.0 Å². The Kier molecular flexibility index (Phi) is 4.38. The van der Waals surface area contributed by atoms with E-state index in [0.29, 0.717) is 18.2 Å². The first-order chi connectivity index (χ1) is 13.3. The molecule has 0 aliphatic carbocycles. The van der Waals surface area contributed by atoms with Crippen LogP contribution in [0.15, 0.2) is 35.8 Å². The number of alkyl halides is 3. The molecule has 1 aliphatic heterocycles. The van der Waals surface area contributed by atoms with E-state index in [0.717, 1.165) is 23.4 Å². The van der Waals surface area contributed by atoms with Crippen LogP contribution in [0.2, 0.25) is 0 Å². The summed E-state index contributed by atoms with van der Waals surface area (Å²) in [6.07, 6.45) is -2.75. The van der Waals surface area contributed by atoms with E-state index in [1.807, 2.05) is 4.90 Å². The van der Waals surface area contributed by atoms with Gasteiger partial charge in [0.05, 0.1) is 17.8 Å². The molecular formula is C17H13F3N6OS. The van der Waals surface area contributed by atoms with E-state index in [4.69, 9.17) is 5.73 Å². The molecule has 144 valence electrons. The first kappa shape index (κ1) is 18.2. The molecule has 4 rings (SSSR count). The zero-order valence-corrected chi connectivity index (χ0v) is 15.0. The molecule has 1 amide bonds. The average molecular weight is 406 g/mol. The fourth-order valence-corrected chi connectivity index (χ4v) is 3.56. The first-order valence-corrected chi connectivity index (χ1v) is 8.97. The Hall–Kier alpha value is -3.21. The number of nitrogens with two attached hydrogens (primary N) is 1. The molecule has 0 saturated heterocycles. The number of aromatic nitrogens is 3. The Balaban J connectivity index is 1.44. The van der Waals surface area contributed by atoms with Gasteiger partial charge in [0.15, 0.2) is 5.13 Å². The second-order valence-electron chi connectivity index (χ2n) is 6.10. The number of carbonyl (C=O) groups is 1. The second-order valence-corrected chi connectivity index (χ2v) is 6.94. The molecule has 0 saturated carbocycles. The van der Waals surface area contributed by atoms with Crippen LogP contribution in [0.3, 0.4) is 0 Å². The summed E-state index contributed by atoms with van der Waals surface area (Å²) in [6, 6.07) is 4.23. The number of benzene rings is 1. The lowest BCUT2D eigenvalue weighted by atomic mass is 10.2. The molecule has 11 heteroatoms. The van der Waals surface area contributed by atoms with Crippen LogP contribution >= 0.6 is 11.3 Å². The number of thiazole rings is 1. The maximum absolute atomic E-state index is 12.6. The van der Waals surface area contributed by atoms with Gasteiger partial charge in [-0.1, -0.05) is 0 Å². The van der Waals surface area contributed by atoms with Gasteiger partial charge < -0.3 is 16.0 Å². The number of fused-ring (bicyclic) bond motifs is 1. The van der Waals surface area contributed by atoms with E-state index in [2.05, 4.69) is 20.3 Å². The van der Waals surface area contributed by atoms with Gasteiger partial charge in [-0.25, -0.2) is 15.0 Å². The number of hydrogen-bond donors (Lipinski definition) is 2. The van der Waals surface area contributed by atoms with E-state index in [9.17, 15) is 18.0 Å². The summed E-state index contributed by atoms with van der Waals surface area (Å²) in [7, 11) is 0. The van der Waals surface area contributed by atoms with Gasteiger partial charge in [-0.05, 0) is 24.3 Å². The molecule has 0 atom stereocenters. The summed E-state index contributed by atoms with van der Waals surface area (Å²) < 4.78 is 37.8. The quantitative estimate of drug-likeness (QED) is 0.693. The molecule has 3 heterocycles.